The summed E-state index contributed by atoms with van der Waals surface area (Å²) in [6.45, 7) is 3.14. The molecule has 0 aliphatic heterocycles. The lowest BCUT2D eigenvalue weighted by Gasteiger charge is -2.17. The van der Waals surface area contributed by atoms with Gasteiger partial charge in [0.2, 0.25) is 0 Å². The molecular formula is C16H23N3O. The SMILES string of the molecule is CCCC(CCO)CNc1nc2c(cc1C#N)CCC2. The van der Waals surface area contributed by atoms with Crippen LogP contribution in [0.1, 0.15) is 49.4 Å². The molecule has 20 heavy (non-hydrogen) atoms. The van der Waals surface area contributed by atoms with Crippen LogP contribution in [0.2, 0.25) is 0 Å². The summed E-state index contributed by atoms with van der Waals surface area (Å²) in [6, 6.07) is 4.22. The molecule has 0 bridgehead atoms. The molecule has 0 saturated carbocycles. The van der Waals surface area contributed by atoms with Gasteiger partial charge in [-0.05, 0) is 49.7 Å². The van der Waals surface area contributed by atoms with E-state index in [-0.39, 0.29) is 6.61 Å². The number of rotatable bonds is 7. The lowest BCUT2D eigenvalue weighted by molar-refractivity contribution is 0.255. The summed E-state index contributed by atoms with van der Waals surface area (Å²) in [5, 5.41) is 21.7. The van der Waals surface area contributed by atoms with Crippen LogP contribution < -0.4 is 5.32 Å². The second-order valence-corrected chi connectivity index (χ2v) is 5.50. The first-order valence-electron chi connectivity index (χ1n) is 7.56. The summed E-state index contributed by atoms with van der Waals surface area (Å²) in [6.07, 6.45) is 6.19. The third-order valence-electron chi connectivity index (χ3n) is 3.96. The Morgan fingerprint density at radius 1 is 1.45 bits per heavy atom. The molecule has 1 aromatic heterocycles. The average Bonchev–Trinajstić information content (AvgIpc) is 2.91. The van der Waals surface area contributed by atoms with Crippen LogP contribution in [0.15, 0.2) is 6.07 Å². The number of hydrogen-bond donors (Lipinski definition) is 2. The lowest BCUT2D eigenvalue weighted by atomic mass is 10.00. The summed E-state index contributed by atoms with van der Waals surface area (Å²) < 4.78 is 0. The third-order valence-corrected chi connectivity index (χ3v) is 3.96. The number of pyridine rings is 1. The number of aryl methyl sites for hydroxylation is 2. The lowest BCUT2D eigenvalue weighted by Crippen LogP contribution is -2.17. The summed E-state index contributed by atoms with van der Waals surface area (Å²) in [7, 11) is 0. The quantitative estimate of drug-likeness (QED) is 0.801. The zero-order chi connectivity index (χ0) is 14.4. The van der Waals surface area contributed by atoms with Crippen molar-refractivity contribution in [2.45, 2.75) is 45.4 Å². The first kappa shape index (κ1) is 14.8. The Labute approximate surface area is 120 Å². The number of anilines is 1. The molecule has 2 N–H and O–H groups in total. The molecule has 4 heteroatoms. The number of nitrogens with zero attached hydrogens (tertiary/aromatic N) is 2. The number of nitrogens with one attached hydrogen (secondary N) is 1. The predicted molar refractivity (Wildman–Crippen MR) is 79.6 cm³/mol. The molecule has 4 nitrogen and oxygen atoms in total. The van der Waals surface area contributed by atoms with E-state index in [0.29, 0.717) is 17.3 Å². The van der Waals surface area contributed by atoms with E-state index >= 15 is 0 Å². The van der Waals surface area contributed by atoms with E-state index < -0.39 is 0 Å². The number of fused-ring (bicyclic) bond motifs is 1. The van der Waals surface area contributed by atoms with Gasteiger partial charge < -0.3 is 10.4 Å². The molecule has 0 saturated heterocycles. The molecule has 1 aliphatic rings. The van der Waals surface area contributed by atoms with Crippen LogP contribution in [-0.2, 0) is 12.8 Å². The summed E-state index contributed by atoms with van der Waals surface area (Å²) in [5.41, 5.74) is 3.01. The molecule has 1 aromatic rings. The topological polar surface area (TPSA) is 68.9 Å². The molecule has 0 spiro atoms. The fraction of sp³-hybridized carbons (Fsp3) is 0.625. The number of hydrogen-bond acceptors (Lipinski definition) is 4. The zero-order valence-electron chi connectivity index (χ0n) is 12.2. The Kier molecular flexibility index (Phi) is 5.37. The van der Waals surface area contributed by atoms with Crippen LogP contribution in [0, 0.1) is 17.2 Å². The minimum absolute atomic E-state index is 0.217. The van der Waals surface area contributed by atoms with Crippen molar-refractivity contribution in [2.75, 3.05) is 18.5 Å². The van der Waals surface area contributed by atoms with E-state index in [1.807, 2.05) is 6.07 Å². The highest BCUT2D eigenvalue weighted by Gasteiger charge is 2.17. The highest BCUT2D eigenvalue weighted by atomic mass is 16.3. The van der Waals surface area contributed by atoms with Crippen molar-refractivity contribution in [1.29, 1.82) is 5.26 Å². The second kappa shape index (κ2) is 7.25. The molecular weight excluding hydrogens is 250 g/mol. The Hall–Kier alpha value is -1.60. The maximum atomic E-state index is 9.25. The highest BCUT2D eigenvalue weighted by molar-refractivity contribution is 5.55. The van der Waals surface area contributed by atoms with Gasteiger partial charge in [0, 0.05) is 18.8 Å². The molecule has 0 aromatic carbocycles. The summed E-state index contributed by atoms with van der Waals surface area (Å²) in [4.78, 5) is 4.62. The van der Waals surface area contributed by atoms with Crippen LogP contribution in [-0.4, -0.2) is 23.2 Å². The van der Waals surface area contributed by atoms with Crippen LogP contribution >= 0.6 is 0 Å². The van der Waals surface area contributed by atoms with Crippen molar-refractivity contribution in [3.8, 4) is 6.07 Å². The van der Waals surface area contributed by atoms with Crippen molar-refractivity contribution >= 4 is 5.82 Å². The van der Waals surface area contributed by atoms with Gasteiger partial charge in [-0.2, -0.15) is 5.26 Å². The Balaban J connectivity index is 2.07. The smallest absolute Gasteiger partial charge is 0.144 e. The van der Waals surface area contributed by atoms with Gasteiger partial charge in [0.1, 0.15) is 11.9 Å². The Bertz CT molecular complexity index is 487. The van der Waals surface area contributed by atoms with Gasteiger partial charge in [0.25, 0.3) is 0 Å². The molecule has 2 rings (SSSR count). The molecule has 108 valence electrons. The van der Waals surface area contributed by atoms with Gasteiger partial charge in [0.15, 0.2) is 0 Å². The van der Waals surface area contributed by atoms with Crippen LogP contribution in [0.4, 0.5) is 5.82 Å². The van der Waals surface area contributed by atoms with Gasteiger partial charge in [-0.25, -0.2) is 4.98 Å². The number of aliphatic hydroxyl groups excluding tert-OH is 1. The molecule has 0 amide bonds. The van der Waals surface area contributed by atoms with Crippen LogP contribution in [0.25, 0.3) is 0 Å². The Morgan fingerprint density at radius 2 is 2.30 bits per heavy atom. The molecule has 1 aliphatic carbocycles. The van der Waals surface area contributed by atoms with Gasteiger partial charge >= 0.3 is 0 Å². The van der Waals surface area contributed by atoms with Gasteiger partial charge in [-0.3, -0.25) is 0 Å². The van der Waals surface area contributed by atoms with Crippen molar-refractivity contribution in [3.63, 3.8) is 0 Å². The van der Waals surface area contributed by atoms with E-state index in [1.54, 1.807) is 0 Å². The summed E-state index contributed by atoms with van der Waals surface area (Å²) >= 11 is 0. The third kappa shape index (κ3) is 3.49. The van der Waals surface area contributed by atoms with E-state index in [1.165, 1.54) is 5.56 Å². The van der Waals surface area contributed by atoms with Gasteiger partial charge in [-0.15, -0.1) is 0 Å². The first-order valence-corrected chi connectivity index (χ1v) is 7.56. The molecule has 1 atom stereocenters. The highest BCUT2D eigenvalue weighted by Crippen LogP contribution is 2.25. The van der Waals surface area contributed by atoms with Crippen molar-refractivity contribution in [3.05, 3.63) is 22.9 Å². The van der Waals surface area contributed by atoms with E-state index in [4.69, 9.17) is 5.11 Å². The van der Waals surface area contributed by atoms with Crippen LogP contribution in [0.5, 0.6) is 0 Å². The van der Waals surface area contributed by atoms with E-state index in [0.717, 1.165) is 50.8 Å². The predicted octanol–water partition coefficient (Wildman–Crippen LogP) is 2.65. The largest absolute Gasteiger partial charge is 0.396 e. The minimum Gasteiger partial charge on any atom is -0.396 e. The summed E-state index contributed by atoms with van der Waals surface area (Å²) in [5.74, 6) is 1.15. The van der Waals surface area contributed by atoms with Crippen LogP contribution in [0.3, 0.4) is 0 Å². The van der Waals surface area contributed by atoms with E-state index in [9.17, 15) is 5.26 Å². The number of aromatic nitrogens is 1. The minimum atomic E-state index is 0.217. The van der Waals surface area contributed by atoms with Gasteiger partial charge in [0.05, 0.1) is 5.56 Å². The molecule has 1 unspecified atom stereocenters. The Morgan fingerprint density at radius 3 is 3.00 bits per heavy atom. The maximum Gasteiger partial charge on any atom is 0.144 e. The van der Waals surface area contributed by atoms with Gasteiger partial charge in [-0.1, -0.05) is 13.3 Å². The fourth-order valence-electron chi connectivity index (χ4n) is 2.87. The second-order valence-electron chi connectivity index (χ2n) is 5.50. The monoisotopic (exact) mass is 273 g/mol. The zero-order valence-corrected chi connectivity index (χ0v) is 12.2. The maximum absolute atomic E-state index is 9.25. The van der Waals surface area contributed by atoms with Crippen molar-refractivity contribution in [2.24, 2.45) is 5.92 Å². The van der Waals surface area contributed by atoms with Crippen molar-refractivity contribution < 1.29 is 5.11 Å². The number of aliphatic hydroxyl groups is 1. The average molecular weight is 273 g/mol. The van der Waals surface area contributed by atoms with Crippen molar-refractivity contribution in [1.82, 2.24) is 4.98 Å². The normalized spacial score (nSPS) is 14.7. The standard InChI is InChI=1S/C16H23N3O/c1-2-4-12(7-8-20)11-18-16-14(10-17)9-13-5-3-6-15(13)19-16/h9,12,20H,2-8,11H2,1H3,(H,18,19). The molecule has 1 heterocycles. The first-order chi connectivity index (χ1) is 9.78. The van der Waals surface area contributed by atoms with E-state index in [2.05, 4.69) is 23.3 Å². The fourth-order valence-corrected chi connectivity index (χ4v) is 2.87. The molecule has 0 radical (unpaired) electrons. The number of nitriles is 1. The molecule has 0 fully saturated rings.